The minimum atomic E-state index is -0.00966. The molecule has 0 radical (unpaired) electrons. The summed E-state index contributed by atoms with van der Waals surface area (Å²) in [7, 11) is 0. The molecule has 0 N–H and O–H groups in total. The first-order chi connectivity index (χ1) is 7.66. The Morgan fingerprint density at radius 3 is 1.76 bits per heavy atom. The molecule has 0 unspecified atom stereocenters. The van der Waals surface area contributed by atoms with Crippen LogP contribution in [0.4, 0.5) is 0 Å². The van der Waals surface area contributed by atoms with E-state index < -0.39 is 0 Å². The van der Waals surface area contributed by atoms with Crippen molar-refractivity contribution in [2.75, 3.05) is 0 Å². The molecule has 0 heterocycles. The Bertz CT molecular complexity index is 202. The van der Waals surface area contributed by atoms with Crippen molar-refractivity contribution in [2.45, 2.75) is 78.1 Å². The van der Waals surface area contributed by atoms with Gasteiger partial charge in [0.05, 0.1) is 6.42 Å². The van der Waals surface area contributed by atoms with Gasteiger partial charge in [-0.3, -0.25) is 9.59 Å². The Morgan fingerprint density at radius 1 is 0.824 bits per heavy atom. The number of carbonyl (C=O) groups excluding carboxylic acids is 2. The first kappa shape index (κ1) is 19.2. The molecule has 0 amide bonds. The molecule has 0 aliphatic heterocycles. The second kappa shape index (κ2) is 13.9. The Labute approximate surface area is 116 Å². The fraction of sp³-hybridized carbons (Fsp3) is 0.857. The number of rotatable bonds is 11. The molecule has 0 fully saturated rings. The SMILES string of the molecule is CCCCCCCCCCC(=O)CC(C)=O.[Fe]. The summed E-state index contributed by atoms with van der Waals surface area (Å²) < 4.78 is 0. The van der Waals surface area contributed by atoms with Crippen molar-refractivity contribution in [1.82, 2.24) is 0 Å². The summed E-state index contributed by atoms with van der Waals surface area (Å²) in [5.74, 6) is 0.100. The van der Waals surface area contributed by atoms with Crippen LogP contribution in [0.2, 0.25) is 0 Å². The third-order valence-corrected chi connectivity index (χ3v) is 2.76. The number of Topliss-reactive ketones (excluding diaryl/α,β-unsaturated/α-hetero) is 2. The smallest absolute Gasteiger partial charge is 0.140 e. The van der Waals surface area contributed by atoms with Crippen molar-refractivity contribution in [3.05, 3.63) is 0 Å². The molecule has 0 saturated carbocycles. The largest absolute Gasteiger partial charge is 0.300 e. The molecule has 0 aliphatic rings. The van der Waals surface area contributed by atoms with Gasteiger partial charge in [0.25, 0.3) is 0 Å². The van der Waals surface area contributed by atoms with Crippen LogP contribution in [0.15, 0.2) is 0 Å². The van der Waals surface area contributed by atoms with Gasteiger partial charge in [0, 0.05) is 23.5 Å². The standard InChI is InChI=1S/C14H26O2.Fe/c1-3-4-5-6-7-8-9-10-11-14(16)12-13(2)15;/h3-12H2,1-2H3;. The van der Waals surface area contributed by atoms with E-state index in [9.17, 15) is 9.59 Å². The zero-order valence-electron chi connectivity index (χ0n) is 11.2. The van der Waals surface area contributed by atoms with Gasteiger partial charge in [0.2, 0.25) is 0 Å². The number of carbonyl (C=O) groups is 2. The van der Waals surface area contributed by atoms with E-state index in [-0.39, 0.29) is 35.1 Å². The zero-order chi connectivity index (χ0) is 12.2. The fourth-order valence-electron chi connectivity index (χ4n) is 1.82. The van der Waals surface area contributed by atoms with Crippen molar-refractivity contribution in [1.29, 1.82) is 0 Å². The van der Waals surface area contributed by atoms with Gasteiger partial charge in [-0.2, -0.15) is 0 Å². The number of hydrogen-bond donors (Lipinski definition) is 0. The summed E-state index contributed by atoms with van der Waals surface area (Å²) in [6.45, 7) is 3.70. The molecule has 0 aromatic heterocycles. The van der Waals surface area contributed by atoms with Gasteiger partial charge >= 0.3 is 0 Å². The van der Waals surface area contributed by atoms with Crippen LogP contribution in [0.1, 0.15) is 78.1 Å². The molecule has 17 heavy (non-hydrogen) atoms. The Morgan fingerprint density at radius 2 is 1.29 bits per heavy atom. The monoisotopic (exact) mass is 282 g/mol. The normalized spacial score (nSPS) is 9.76. The third kappa shape index (κ3) is 15.9. The van der Waals surface area contributed by atoms with Crippen LogP contribution in [-0.2, 0) is 26.7 Å². The maximum absolute atomic E-state index is 11.2. The molecule has 0 aromatic rings. The van der Waals surface area contributed by atoms with Crippen molar-refractivity contribution in [3.8, 4) is 0 Å². The molecule has 0 atom stereocenters. The van der Waals surface area contributed by atoms with Crippen molar-refractivity contribution in [2.24, 2.45) is 0 Å². The van der Waals surface area contributed by atoms with E-state index in [0.29, 0.717) is 6.42 Å². The summed E-state index contributed by atoms with van der Waals surface area (Å²) >= 11 is 0. The van der Waals surface area contributed by atoms with E-state index in [2.05, 4.69) is 6.92 Å². The van der Waals surface area contributed by atoms with E-state index >= 15 is 0 Å². The van der Waals surface area contributed by atoms with Gasteiger partial charge in [-0.25, -0.2) is 0 Å². The first-order valence-electron chi connectivity index (χ1n) is 6.68. The Hall–Kier alpha value is -0.141. The molecular formula is C14H26FeO2. The fourth-order valence-corrected chi connectivity index (χ4v) is 1.82. The van der Waals surface area contributed by atoms with Crippen LogP contribution in [0, 0.1) is 0 Å². The van der Waals surface area contributed by atoms with Crippen LogP contribution < -0.4 is 0 Å². The molecule has 102 valence electrons. The maximum Gasteiger partial charge on any atom is 0.140 e. The Balaban J connectivity index is 0. The van der Waals surface area contributed by atoms with E-state index in [1.807, 2.05) is 0 Å². The molecule has 0 aromatic carbocycles. The molecular weight excluding hydrogens is 256 g/mol. The second-order valence-corrected chi connectivity index (χ2v) is 4.64. The topological polar surface area (TPSA) is 34.1 Å². The second-order valence-electron chi connectivity index (χ2n) is 4.64. The average molecular weight is 282 g/mol. The molecule has 0 aliphatic carbocycles. The van der Waals surface area contributed by atoms with E-state index in [1.54, 1.807) is 0 Å². The molecule has 0 rings (SSSR count). The summed E-state index contributed by atoms with van der Waals surface area (Å²) in [4.78, 5) is 21.9. The summed E-state index contributed by atoms with van der Waals surface area (Å²) in [5.41, 5.74) is 0. The van der Waals surface area contributed by atoms with Gasteiger partial charge in [-0.05, 0) is 13.3 Å². The van der Waals surface area contributed by atoms with Crippen molar-refractivity contribution >= 4 is 11.6 Å². The minimum absolute atomic E-state index is 0. The minimum Gasteiger partial charge on any atom is -0.300 e. The van der Waals surface area contributed by atoms with Gasteiger partial charge < -0.3 is 0 Å². The third-order valence-electron chi connectivity index (χ3n) is 2.76. The van der Waals surface area contributed by atoms with Crippen LogP contribution >= 0.6 is 0 Å². The van der Waals surface area contributed by atoms with Gasteiger partial charge in [-0.1, -0.05) is 51.9 Å². The molecule has 0 bridgehead atoms. The summed E-state index contributed by atoms with van der Waals surface area (Å²) in [6, 6.07) is 0. The van der Waals surface area contributed by atoms with Crippen LogP contribution in [0.3, 0.4) is 0 Å². The van der Waals surface area contributed by atoms with Crippen LogP contribution in [0.5, 0.6) is 0 Å². The first-order valence-corrected chi connectivity index (χ1v) is 6.68. The number of ketones is 2. The van der Waals surface area contributed by atoms with Crippen LogP contribution in [0.25, 0.3) is 0 Å². The Kier molecular flexibility index (Phi) is 15.7. The van der Waals surface area contributed by atoms with E-state index in [1.165, 1.54) is 45.4 Å². The van der Waals surface area contributed by atoms with Gasteiger partial charge in [0.15, 0.2) is 0 Å². The predicted octanol–water partition coefficient (Wildman–Crippen LogP) is 4.06. The predicted molar refractivity (Wildman–Crippen MR) is 67.5 cm³/mol. The quantitative estimate of drug-likeness (QED) is 0.325. The van der Waals surface area contributed by atoms with Gasteiger partial charge in [0.1, 0.15) is 11.6 Å². The van der Waals surface area contributed by atoms with E-state index in [4.69, 9.17) is 0 Å². The number of hydrogen-bond acceptors (Lipinski definition) is 2. The molecule has 0 spiro atoms. The maximum atomic E-state index is 11.2. The average Bonchev–Trinajstić information content (AvgIpc) is 2.21. The van der Waals surface area contributed by atoms with Crippen LogP contribution in [-0.4, -0.2) is 11.6 Å². The van der Waals surface area contributed by atoms with E-state index in [0.717, 1.165) is 12.8 Å². The number of unbranched alkanes of at least 4 members (excludes halogenated alkanes) is 7. The molecule has 3 heteroatoms. The molecule has 0 saturated heterocycles. The molecule has 2 nitrogen and oxygen atoms in total. The zero-order valence-corrected chi connectivity index (χ0v) is 12.3. The van der Waals surface area contributed by atoms with Crippen molar-refractivity contribution < 1.29 is 26.7 Å². The van der Waals surface area contributed by atoms with Crippen molar-refractivity contribution in [3.63, 3.8) is 0 Å². The summed E-state index contributed by atoms with van der Waals surface area (Å²) in [5, 5.41) is 0. The van der Waals surface area contributed by atoms with Gasteiger partial charge in [-0.15, -0.1) is 0 Å². The summed E-state index contributed by atoms with van der Waals surface area (Å²) in [6.07, 6.45) is 10.7.